The number of hydrogen-bond acceptors (Lipinski definition) is 7. The van der Waals surface area contributed by atoms with Gasteiger partial charge in [-0.15, -0.1) is 0 Å². The molecule has 0 saturated heterocycles. The van der Waals surface area contributed by atoms with E-state index in [-0.39, 0.29) is 18.6 Å². The van der Waals surface area contributed by atoms with Crippen molar-refractivity contribution in [3.8, 4) is 23.0 Å². The first-order chi connectivity index (χ1) is 17.6. The maximum atomic E-state index is 13.6. The number of aryl methyl sites for hydroxylation is 1. The molecule has 3 aromatic carbocycles. The molecule has 36 heavy (non-hydrogen) atoms. The van der Waals surface area contributed by atoms with Crippen molar-refractivity contribution in [2.24, 2.45) is 0 Å². The Labute approximate surface area is 208 Å². The third-order valence-electron chi connectivity index (χ3n) is 6.86. The van der Waals surface area contributed by atoms with Gasteiger partial charge in [-0.3, -0.25) is 4.79 Å². The van der Waals surface area contributed by atoms with Crippen LogP contribution < -0.4 is 24.3 Å². The van der Waals surface area contributed by atoms with E-state index in [1.807, 2.05) is 18.2 Å². The topological polar surface area (TPSA) is 92.3 Å². The highest BCUT2D eigenvalue weighted by Gasteiger charge is 2.42. The summed E-state index contributed by atoms with van der Waals surface area (Å²) in [6.45, 7) is 0.120. The molecule has 2 heterocycles. The van der Waals surface area contributed by atoms with Crippen molar-refractivity contribution in [3.63, 3.8) is 0 Å². The molecule has 8 nitrogen and oxygen atoms in total. The maximum Gasteiger partial charge on any atom is 0.408 e. The molecule has 0 bridgehead atoms. The molecule has 0 fully saturated rings. The van der Waals surface area contributed by atoms with Gasteiger partial charge in [0, 0.05) is 11.6 Å². The Hall–Kier alpha value is -4.20. The summed E-state index contributed by atoms with van der Waals surface area (Å²) in [7, 11) is 1.54. The lowest BCUT2D eigenvalue weighted by Crippen LogP contribution is -2.43. The highest BCUT2D eigenvalue weighted by atomic mass is 16.7. The average Bonchev–Trinajstić information content (AvgIpc) is 3.38. The molecule has 0 radical (unpaired) electrons. The van der Waals surface area contributed by atoms with Crippen molar-refractivity contribution >= 4 is 11.9 Å². The third kappa shape index (κ3) is 3.98. The van der Waals surface area contributed by atoms with Crippen LogP contribution in [0, 0.1) is 0 Å². The first-order valence-electron chi connectivity index (χ1n) is 11.9. The quantitative estimate of drug-likeness (QED) is 0.559. The molecule has 184 valence electrons. The smallest absolute Gasteiger partial charge is 0.408 e. The number of amides is 1. The van der Waals surface area contributed by atoms with Crippen molar-refractivity contribution in [2.45, 2.75) is 37.5 Å². The Morgan fingerprint density at radius 2 is 1.86 bits per heavy atom. The van der Waals surface area contributed by atoms with Crippen LogP contribution >= 0.6 is 0 Å². The molecule has 0 saturated carbocycles. The highest BCUT2D eigenvalue weighted by molar-refractivity contribution is 6.04. The second kappa shape index (κ2) is 9.11. The van der Waals surface area contributed by atoms with Gasteiger partial charge in [0.15, 0.2) is 17.6 Å². The Kier molecular flexibility index (Phi) is 5.64. The maximum absolute atomic E-state index is 13.6. The number of ether oxygens (including phenoxy) is 5. The zero-order valence-corrected chi connectivity index (χ0v) is 19.7. The number of carbonyl (C=O) groups is 2. The van der Waals surface area contributed by atoms with Gasteiger partial charge in [-0.05, 0) is 54.7 Å². The molecular formula is C28H25NO7. The Balaban J connectivity index is 1.30. The monoisotopic (exact) mass is 487 g/mol. The lowest BCUT2D eigenvalue weighted by molar-refractivity contribution is 0.00793. The fourth-order valence-electron chi connectivity index (χ4n) is 5.06. The standard InChI is InChI=1S/C28H25NO7/c1-32-18-10-11-20-23(14-18)35-26(17-9-12-22-24(13-17)34-15-33-22)27(25(20)30)36-28(31)29-21-8-4-6-16-5-2-3-7-19(16)21/h2-3,5,7,9-14,21,26-27H,4,6,8,15H2,1H3,(H,29,31)/t21-,26+,27?/m0/s1. The summed E-state index contributed by atoms with van der Waals surface area (Å²) in [5.41, 5.74) is 3.25. The molecule has 6 rings (SSSR count). The van der Waals surface area contributed by atoms with E-state index in [0.717, 1.165) is 24.8 Å². The summed E-state index contributed by atoms with van der Waals surface area (Å²) in [5, 5.41) is 2.97. The number of hydrogen-bond donors (Lipinski definition) is 1. The van der Waals surface area contributed by atoms with Gasteiger partial charge in [0.1, 0.15) is 11.5 Å². The summed E-state index contributed by atoms with van der Waals surface area (Å²) >= 11 is 0. The lowest BCUT2D eigenvalue weighted by atomic mass is 9.88. The molecule has 1 aliphatic carbocycles. The van der Waals surface area contributed by atoms with Crippen molar-refractivity contribution < 1.29 is 33.3 Å². The molecule has 3 atom stereocenters. The van der Waals surface area contributed by atoms with Crippen LogP contribution in [0.3, 0.4) is 0 Å². The van der Waals surface area contributed by atoms with Crippen molar-refractivity contribution in [2.75, 3.05) is 13.9 Å². The van der Waals surface area contributed by atoms with Crippen LogP contribution in [0.4, 0.5) is 4.79 Å². The summed E-state index contributed by atoms with van der Waals surface area (Å²) < 4.78 is 28.3. The van der Waals surface area contributed by atoms with Crippen LogP contribution in [-0.2, 0) is 11.2 Å². The van der Waals surface area contributed by atoms with E-state index in [0.29, 0.717) is 34.1 Å². The Morgan fingerprint density at radius 1 is 1.00 bits per heavy atom. The predicted octanol–water partition coefficient (Wildman–Crippen LogP) is 4.91. The van der Waals surface area contributed by atoms with Crippen molar-refractivity contribution in [1.29, 1.82) is 0 Å². The van der Waals surface area contributed by atoms with Crippen LogP contribution in [0.5, 0.6) is 23.0 Å². The van der Waals surface area contributed by atoms with Crippen LogP contribution in [0.1, 0.15) is 52.0 Å². The summed E-state index contributed by atoms with van der Waals surface area (Å²) in [6, 6.07) is 18.1. The van der Waals surface area contributed by atoms with E-state index in [1.54, 1.807) is 43.5 Å². The van der Waals surface area contributed by atoms with Crippen LogP contribution in [0.25, 0.3) is 0 Å². The predicted molar refractivity (Wildman–Crippen MR) is 129 cm³/mol. The molecule has 1 N–H and O–H groups in total. The number of methoxy groups -OCH3 is 1. The lowest BCUT2D eigenvalue weighted by Gasteiger charge is -2.33. The van der Waals surface area contributed by atoms with E-state index in [2.05, 4.69) is 11.4 Å². The molecule has 2 aliphatic heterocycles. The molecule has 3 aromatic rings. The molecule has 0 aromatic heterocycles. The molecule has 1 unspecified atom stereocenters. The van der Waals surface area contributed by atoms with Gasteiger partial charge < -0.3 is 29.0 Å². The van der Waals surface area contributed by atoms with Crippen molar-refractivity contribution in [3.05, 3.63) is 82.9 Å². The minimum absolute atomic E-state index is 0.120. The molecule has 0 spiro atoms. The van der Waals surface area contributed by atoms with Gasteiger partial charge in [-0.1, -0.05) is 30.3 Å². The fourth-order valence-corrected chi connectivity index (χ4v) is 5.06. The van der Waals surface area contributed by atoms with E-state index in [4.69, 9.17) is 23.7 Å². The number of fused-ring (bicyclic) bond motifs is 3. The summed E-state index contributed by atoms with van der Waals surface area (Å²) in [4.78, 5) is 26.7. The van der Waals surface area contributed by atoms with Crippen LogP contribution in [0.15, 0.2) is 60.7 Å². The fraction of sp³-hybridized carbons (Fsp3) is 0.286. The van der Waals surface area contributed by atoms with E-state index >= 15 is 0 Å². The van der Waals surface area contributed by atoms with Gasteiger partial charge in [-0.2, -0.15) is 0 Å². The van der Waals surface area contributed by atoms with Gasteiger partial charge >= 0.3 is 6.09 Å². The first kappa shape index (κ1) is 22.3. The number of rotatable bonds is 4. The average molecular weight is 488 g/mol. The second-order valence-electron chi connectivity index (χ2n) is 8.99. The van der Waals surface area contributed by atoms with E-state index in [9.17, 15) is 9.59 Å². The summed E-state index contributed by atoms with van der Waals surface area (Å²) in [5.74, 6) is 1.72. The van der Waals surface area contributed by atoms with Crippen molar-refractivity contribution in [1.82, 2.24) is 5.32 Å². The Morgan fingerprint density at radius 3 is 2.75 bits per heavy atom. The van der Waals surface area contributed by atoms with E-state index < -0.39 is 18.3 Å². The second-order valence-corrected chi connectivity index (χ2v) is 8.99. The highest BCUT2D eigenvalue weighted by Crippen LogP contribution is 2.42. The molecular weight excluding hydrogens is 462 g/mol. The number of Topliss-reactive ketones (excluding diaryl/α,β-unsaturated/α-hetero) is 1. The number of alkyl carbamates (subject to hydrolysis) is 1. The molecule has 1 amide bonds. The van der Waals surface area contributed by atoms with Gasteiger partial charge in [0.2, 0.25) is 18.7 Å². The number of carbonyl (C=O) groups excluding carboxylic acids is 2. The van der Waals surface area contributed by atoms with Gasteiger partial charge in [0.05, 0.1) is 18.7 Å². The number of nitrogens with one attached hydrogen (secondary N) is 1. The molecule has 3 aliphatic rings. The van der Waals surface area contributed by atoms with Crippen LogP contribution in [-0.4, -0.2) is 31.9 Å². The number of ketones is 1. The van der Waals surface area contributed by atoms with Gasteiger partial charge in [-0.25, -0.2) is 4.79 Å². The minimum Gasteiger partial charge on any atom is -0.497 e. The SMILES string of the molecule is COc1ccc2c(c1)O[C@H](c1ccc3c(c1)OCO3)C(OC(=O)N[C@H]1CCCc3ccccc31)C2=O. The van der Waals surface area contributed by atoms with Gasteiger partial charge in [0.25, 0.3) is 0 Å². The zero-order valence-electron chi connectivity index (χ0n) is 19.7. The zero-order chi connectivity index (χ0) is 24.6. The minimum atomic E-state index is -1.19. The first-order valence-corrected chi connectivity index (χ1v) is 11.9. The third-order valence-corrected chi connectivity index (χ3v) is 6.86. The largest absolute Gasteiger partial charge is 0.497 e. The van der Waals surface area contributed by atoms with Crippen LogP contribution in [0.2, 0.25) is 0 Å². The normalized spacial score (nSPS) is 21.6. The van der Waals surface area contributed by atoms with E-state index in [1.165, 1.54) is 5.56 Å². The summed E-state index contributed by atoms with van der Waals surface area (Å²) in [6.07, 6.45) is 0.00494. The number of benzene rings is 3. The molecule has 8 heteroatoms. The Bertz CT molecular complexity index is 1340.